The summed E-state index contributed by atoms with van der Waals surface area (Å²) in [6.07, 6.45) is 2.10. The first kappa shape index (κ1) is 9.18. The Balaban J connectivity index is 2.14. The van der Waals surface area contributed by atoms with Gasteiger partial charge in [-0.3, -0.25) is 15.0 Å². The molecule has 5 nitrogen and oxygen atoms in total. The van der Waals surface area contributed by atoms with Crippen LogP contribution in [-0.4, -0.2) is 29.5 Å². The highest BCUT2D eigenvalue weighted by atomic mass is 16.2. The molecule has 1 fully saturated rings. The molecule has 0 aromatic heterocycles. The van der Waals surface area contributed by atoms with Gasteiger partial charge >= 0.3 is 0 Å². The van der Waals surface area contributed by atoms with Crippen LogP contribution in [-0.2, 0) is 9.59 Å². The summed E-state index contributed by atoms with van der Waals surface area (Å²) in [7, 11) is 0. The fourth-order valence-electron chi connectivity index (χ4n) is 1.89. The van der Waals surface area contributed by atoms with Crippen LogP contribution >= 0.6 is 0 Å². The van der Waals surface area contributed by atoms with Gasteiger partial charge in [0.2, 0.25) is 5.91 Å². The van der Waals surface area contributed by atoms with E-state index >= 15 is 0 Å². The summed E-state index contributed by atoms with van der Waals surface area (Å²) in [5, 5.41) is 6.71. The van der Waals surface area contributed by atoms with Gasteiger partial charge in [0, 0.05) is 19.9 Å². The highest BCUT2D eigenvalue weighted by molar-refractivity contribution is 6.40. The molecule has 0 radical (unpaired) electrons. The van der Waals surface area contributed by atoms with E-state index in [1.807, 2.05) is 0 Å². The second-order valence-electron chi connectivity index (χ2n) is 3.84. The average Bonchev–Trinajstić information content (AvgIpc) is 2.56. The topological polar surface area (TPSA) is 70.6 Å². The number of hydrogen-bond acceptors (Lipinski definition) is 4. The van der Waals surface area contributed by atoms with Crippen molar-refractivity contribution in [1.29, 1.82) is 0 Å². The number of hydrogen-bond donors (Lipinski definition) is 2. The Hall–Kier alpha value is -1.39. The first-order chi connectivity index (χ1) is 6.64. The SMILES string of the molecule is CC(=O)C1=NNC2(CCCNC2=O)C1. The van der Waals surface area contributed by atoms with Gasteiger partial charge in [0.25, 0.3) is 0 Å². The van der Waals surface area contributed by atoms with Crippen LogP contribution in [0.15, 0.2) is 5.10 Å². The number of amides is 1. The third-order valence-corrected chi connectivity index (χ3v) is 2.78. The standard InChI is InChI=1S/C9H13N3O2/c1-6(13)7-5-9(12-11-7)3-2-4-10-8(9)14/h12H,2-5H2,1H3,(H,10,14). The Morgan fingerprint density at radius 2 is 2.36 bits per heavy atom. The van der Waals surface area contributed by atoms with Gasteiger partial charge in [-0.25, -0.2) is 0 Å². The molecule has 5 heteroatoms. The van der Waals surface area contributed by atoms with E-state index in [1.165, 1.54) is 6.92 Å². The average molecular weight is 195 g/mol. The van der Waals surface area contributed by atoms with Gasteiger partial charge in [0.1, 0.15) is 11.3 Å². The summed E-state index contributed by atoms with van der Waals surface area (Å²) in [5.74, 6) is -0.100. The molecule has 1 spiro atoms. The van der Waals surface area contributed by atoms with Crippen molar-refractivity contribution < 1.29 is 9.59 Å². The van der Waals surface area contributed by atoms with Crippen LogP contribution in [0, 0.1) is 0 Å². The summed E-state index contributed by atoms with van der Waals surface area (Å²) >= 11 is 0. The number of piperidine rings is 1. The third-order valence-electron chi connectivity index (χ3n) is 2.78. The largest absolute Gasteiger partial charge is 0.354 e. The summed E-state index contributed by atoms with van der Waals surface area (Å²) in [6.45, 7) is 2.19. The molecular formula is C9H13N3O2. The van der Waals surface area contributed by atoms with Crippen LogP contribution in [0.3, 0.4) is 0 Å². The monoisotopic (exact) mass is 195 g/mol. The molecule has 2 rings (SSSR count). The number of hydrazone groups is 1. The molecule has 2 N–H and O–H groups in total. The highest BCUT2D eigenvalue weighted by Gasteiger charge is 2.45. The van der Waals surface area contributed by atoms with Crippen molar-refractivity contribution in [3.8, 4) is 0 Å². The molecule has 14 heavy (non-hydrogen) atoms. The van der Waals surface area contributed by atoms with Gasteiger partial charge in [-0.05, 0) is 12.8 Å². The Morgan fingerprint density at radius 3 is 2.93 bits per heavy atom. The predicted octanol–water partition coefficient (Wildman–Crippen LogP) is -0.427. The quantitative estimate of drug-likeness (QED) is 0.596. The number of Topliss-reactive ketones (excluding diaryl/α,β-unsaturated/α-hetero) is 1. The lowest BCUT2D eigenvalue weighted by atomic mass is 9.85. The Labute approximate surface area is 81.9 Å². The van der Waals surface area contributed by atoms with E-state index in [9.17, 15) is 9.59 Å². The predicted molar refractivity (Wildman–Crippen MR) is 50.8 cm³/mol. The second-order valence-corrected chi connectivity index (χ2v) is 3.84. The summed E-state index contributed by atoms with van der Waals surface area (Å²) in [5.41, 5.74) is 2.64. The maximum absolute atomic E-state index is 11.6. The first-order valence-electron chi connectivity index (χ1n) is 4.77. The van der Waals surface area contributed by atoms with Crippen molar-refractivity contribution in [3.05, 3.63) is 0 Å². The lowest BCUT2D eigenvalue weighted by molar-refractivity contribution is -0.129. The number of ketones is 1. The number of nitrogens with zero attached hydrogens (tertiary/aromatic N) is 1. The van der Waals surface area contributed by atoms with Crippen molar-refractivity contribution in [2.24, 2.45) is 5.10 Å². The molecule has 1 saturated heterocycles. The van der Waals surface area contributed by atoms with Gasteiger partial charge < -0.3 is 5.32 Å². The van der Waals surface area contributed by atoms with Gasteiger partial charge in [-0.2, -0.15) is 5.10 Å². The van der Waals surface area contributed by atoms with E-state index < -0.39 is 5.54 Å². The van der Waals surface area contributed by atoms with E-state index in [4.69, 9.17) is 0 Å². The molecule has 0 saturated carbocycles. The van der Waals surface area contributed by atoms with Gasteiger partial charge in [0.15, 0.2) is 5.78 Å². The molecule has 76 valence electrons. The molecular weight excluding hydrogens is 182 g/mol. The van der Waals surface area contributed by atoms with Gasteiger partial charge in [-0.1, -0.05) is 0 Å². The molecule has 2 aliphatic rings. The lowest BCUT2D eigenvalue weighted by Gasteiger charge is -2.31. The van der Waals surface area contributed by atoms with Crippen LogP contribution in [0.4, 0.5) is 0 Å². The van der Waals surface area contributed by atoms with Crippen LogP contribution in [0.5, 0.6) is 0 Å². The minimum Gasteiger partial charge on any atom is -0.354 e. The highest BCUT2D eigenvalue weighted by Crippen LogP contribution is 2.26. The third kappa shape index (κ3) is 1.29. The maximum atomic E-state index is 11.6. The van der Waals surface area contributed by atoms with Crippen LogP contribution < -0.4 is 10.7 Å². The number of nitrogens with one attached hydrogen (secondary N) is 2. The molecule has 1 unspecified atom stereocenters. The van der Waals surface area contributed by atoms with Gasteiger partial charge in [-0.15, -0.1) is 0 Å². The molecule has 0 bridgehead atoms. The number of carbonyl (C=O) groups excluding carboxylic acids is 2. The lowest BCUT2D eigenvalue weighted by Crippen LogP contribution is -2.57. The van der Waals surface area contributed by atoms with E-state index in [0.29, 0.717) is 12.1 Å². The van der Waals surface area contributed by atoms with Crippen LogP contribution in [0.25, 0.3) is 0 Å². The second kappa shape index (κ2) is 3.08. The molecule has 0 aromatic rings. The molecule has 1 amide bonds. The normalized spacial score (nSPS) is 30.9. The molecule has 2 aliphatic heterocycles. The minimum atomic E-state index is -0.640. The summed E-state index contributed by atoms with van der Waals surface area (Å²) in [6, 6.07) is 0. The fraction of sp³-hybridized carbons (Fsp3) is 0.667. The van der Waals surface area contributed by atoms with Crippen LogP contribution in [0.1, 0.15) is 26.2 Å². The van der Waals surface area contributed by atoms with E-state index in [-0.39, 0.29) is 11.7 Å². The van der Waals surface area contributed by atoms with E-state index in [1.54, 1.807) is 0 Å². The zero-order chi connectivity index (χ0) is 10.2. The number of rotatable bonds is 1. The van der Waals surface area contributed by atoms with Gasteiger partial charge in [0.05, 0.1) is 0 Å². The van der Waals surface area contributed by atoms with Crippen molar-refractivity contribution in [2.75, 3.05) is 6.54 Å². The van der Waals surface area contributed by atoms with E-state index in [2.05, 4.69) is 15.8 Å². The Morgan fingerprint density at radius 1 is 1.57 bits per heavy atom. The van der Waals surface area contributed by atoms with Crippen molar-refractivity contribution in [1.82, 2.24) is 10.7 Å². The van der Waals surface area contributed by atoms with Crippen molar-refractivity contribution in [2.45, 2.75) is 31.7 Å². The zero-order valence-corrected chi connectivity index (χ0v) is 8.09. The number of carbonyl (C=O) groups is 2. The zero-order valence-electron chi connectivity index (χ0n) is 8.09. The summed E-state index contributed by atoms with van der Waals surface area (Å²) in [4.78, 5) is 22.7. The smallest absolute Gasteiger partial charge is 0.247 e. The summed E-state index contributed by atoms with van der Waals surface area (Å²) < 4.78 is 0. The minimum absolute atomic E-state index is 0.0382. The van der Waals surface area contributed by atoms with Crippen molar-refractivity contribution >= 4 is 17.4 Å². The van der Waals surface area contributed by atoms with E-state index in [0.717, 1.165) is 19.4 Å². The Kier molecular flexibility index (Phi) is 2.02. The maximum Gasteiger partial charge on any atom is 0.247 e. The fourth-order valence-corrected chi connectivity index (χ4v) is 1.89. The molecule has 0 aliphatic carbocycles. The molecule has 2 heterocycles. The molecule has 0 aromatic carbocycles. The molecule has 1 atom stereocenters. The first-order valence-corrected chi connectivity index (χ1v) is 4.77. The van der Waals surface area contributed by atoms with Crippen molar-refractivity contribution in [3.63, 3.8) is 0 Å². The van der Waals surface area contributed by atoms with Crippen LogP contribution in [0.2, 0.25) is 0 Å². The Bertz CT molecular complexity index is 324.